The largest absolute Gasteiger partial charge is 0.332 e. The number of hydrogen-bond donors (Lipinski definition) is 0. The summed E-state index contributed by atoms with van der Waals surface area (Å²) in [5.74, 6) is 0. The van der Waals surface area contributed by atoms with Crippen LogP contribution in [0.3, 0.4) is 0 Å². The van der Waals surface area contributed by atoms with Gasteiger partial charge in [0.25, 0.3) is 5.56 Å². The van der Waals surface area contributed by atoms with E-state index in [0.717, 1.165) is 4.57 Å². The lowest BCUT2D eigenvalue weighted by atomic mass is 10.2. The summed E-state index contributed by atoms with van der Waals surface area (Å²) in [5.41, 5.74) is 0.141. The van der Waals surface area contributed by atoms with Crippen molar-refractivity contribution in [2.24, 2.45) is 0 Å². The molecule has 0 N–H and O–H groups in total. The van der Waals surface area contributed by atoms with Gasteiger partial charge in [0, 0.05) is 0 Å². The second-order valence-electron chi connectivity index (χ2n) is 5.22. The van der Waals surface area contributed by atoms with Crippen molar-refractivity contribution in [2.75, 3.05) is 0 Å². The molecule has 0 saturated heterocycles. The Kier molecular flexibility index (Phi) is 4.55. The van der Waals surface area contributed by atoms with Crippen molar-refractivity contribution in [3.05, 3.63) is 78.9 Å². The Morgan fingerprint density at radius 3 is 2.42 bits per heavy atom. The number of para-hydroxylation sites is 1. The SMILES string of the molecule is O=CCn1c(=O)n(Cc2ccc(Cl)c(Cl)c2)c(=O)c2ccccc21. The van der Waals surface area contributed by atoms with Crippen molar-refractivity contribution >= 4 is 40.4 Å². The van der Waals surface area contributed by atoms with Gasteiger partial charge in [0.15, 0.2) is 0 Å². The van der Waals surface area contributed by atoms with Crippen molar-refractivity contribution < 1.29 is 4.79 Å². The molecule has 0 bridgehead atoms. The highest BCUT2D eigenvalue weighted by atomic mass is 35.5. The number of carbonyl (C=O) groups is 1. The average Bonchev–Trinajstić information content (AvgIpc) is 2.58. The third-order valence-corrected chi connectivity index (χ3v) is 4.45. The molecule has 0 fully saturated rings. The molecule has 0 aliphatic carbocycles. The van der Waals surface area contributed by atoms with E-state index in [2.05, 4.69) is 0 Å². The number of aromatic nitrogens is 2. The smallest absolute Gasteiger partial charge is 0.301 e. The highest BCUT2D eigenvalue weighted by molar-refractivity contribution is 6.42. The molecule has 122 valence electrons. The molecule has 2 aromatic carbocycles. The van der Waals surface area contributed by atoms with Crippen LogP contribution in [0.15, 0.2) is 52.1 Å². The van der Waals surface area contributed by atoms with Gasteiger partial charge in [-0.15, -0.1) is 0 Å². The molecular weight excluding hydrogens is 351 g/mol. The lowest BCUT2D eigenvalue weighted by Crippen LogP contribution is -2.40. The number of halogens is 2. The van der Waals surface area contributed by atoms with Crippen molar-refractivity contribution in [2.45, 2.75) is 13.1 Å². The molecule has 3 rings (SSSR count). The minimum atomic E-state index is -0.545. The number of fused-ring (bicyclic) bond motifs is 1. The van der Waals surface area contributed by atoms with Gasteiger partial charge in [0.2, 0.25) is 0 Å². The Morgan fingerprint density at radius 2 is 1.71 bits per heavy atom. The molecule has 24 heavy (non-hydrogen) atoms. The average molecular weight is 363 g/mol. The summed E-state index contributed by atoms with van der Waals surface area (Å²) in [4.78, 5) is 36.2. The minimum absolute atomic E-state index is 0.0399. The quantitative estimate of drug-likeness (QED) is 0.670. The highest BCUT2D eigenvalue weighted by Gasteiger charge is 2.13. The van der Waals surface area contributed by atoms with E-state index in [9.17, 15) is 14.4 Å². The first-order chi connectivity index (χ1) is 11.5. The van der Waals surface area contributed by atoms with Crippen molar-refractivity contribution in [1.82, 2.24) is 9.13 Å². The topological polar surface area (TPSA) is 61.1 Å². The molecule has 0 spiro atoms. The van der Waals surface area contributed by atoms with E-state index in [1.54, 1.807) is 42.5 Å². The molecule has 7 heteroatoms. The Hall–Kier alpha value is -2.37. The molecule has 0 aliphatic heterocycles. The van der Waals surface area contributed by atoms with Crippen LogP contribution < -0.4 is 11.2 Å². The molecule has 0 atom stereocenters. The van der Waals surface area contributed by atoms with Gasteiger partial charge in [-0.25, -0.2) is 4.79 Å². The van der Waals surface area contributed by atoms with Crippen molar-refractivity contribution in [3.8, 4) is 0 Å². The molecule has 1 aromatic heterocycles. The van der Waals surface area contributed by atoms with Gasteiger partial charge in [-0.2, -0.15) is 0 Å². The fourth-order valence-electron chi connectivity index (χ4n) is 2.58. The number of aldehydes is 1. The molecule has 0 saturated carbocycles. The molecule has 0 radical (unpaired) electrons. The van der Waals surface area contributed by atoms with Crippen LogP contribution in [0.1, 0.15) is 5.56 Å². The Labute approximate surface area is 146 Å². The summed E-state index contributed by atoms with van der Waals surface area (Å²) < 4.78 is 2.37. The lowest BCUT2D eigenvalue weighted by molar-refractivity contribution is -0.108. The van der Waals surface area contributed by atoms with E-state index < -0.39 is 11.2 Å². The summed E-state index contributed by atoms with van der Waals surface area (Å²) in [6.45, 7) is -0.0841. The van der Waals surface area contributed by atoms with Gasteiger partial charge in [0.05, 0.1) is 34.0 Å². The molecular formula is C17H12Cl2N2O3. The first-order valence-electron chi connectivity index (χ1n) is 7.13. The van der Waals surface area contributed by atoms with Crippen LogP contribution in [-0.4, -0.2) is 15.4 Å². The fraction of sp³-hybridized carbons (Fsp3) is 0.118. The third-order valence-electron chi connectivity index (χ3n) is 3.71. The predicted molar refractivity (Wildman–Crippen MR) is 94.1 cm³/mol. The number of nitrogens with zero attached hydrogens (tertiary/aromatic N) is 2. The standard InChI is InChI=1S/C17H12Cl2N2O3/c18-13-6-5-11(9-14(13)19)10-21-16(23)12-3-1-2-4-15(12)20(7-8-22)17(21)24/h1-6,8-9H,7,10H2. The summed E-state index contributed by atoms with van der Waals surface area (Å²) in [5, 5.41) is 1.11. The number of carbonyl (C=O) groups excluding carboxylic acids is 1. The van der Waals surface area contributed by atoms with Gasteiger partial charge < -0.3 is 4.79 Å². The number of rotatable bonds is 4. The summed E-state index contributed by atoms with van der Waals surface area (Å²) >= 11 is 11.9. The molecule has 0 amide bonds. The zero-order valence-electron chi connectivity index (χ0n) is 12.4. The van der Waals surface area contributed by atoms with Gasteiger partial charge in [-0.1, -0.05) is 41.4 Å². The maximum atomic E-state index is 12.7. The van der Waals surface area contributed by atoms with Crippen LogP contribution in [0, 0.1) is 0 Å². The minimum Gasteiger partial charge on any atom is -0.301 e. The first kappa shape index (κ1) is 16.5. The first-order valence-corrected chi connectivity index (χ1v) is 7.88. The van der Waals surface area contributed by atoms with E-state index in [1.165, 1.54) is 4.57 Å². The van der Waals surface area contributed by atoms with Crippen LogP contribution >= 0.6 is 23.2 Å². The molecule has 5 nitrogen and oxygen atoms in total. The monoisotopic (exact) mass is 362 g/mol. The second-order valence-corrected chi connectivity index (χ2v) is 6.03. The highest BCUT2D eigenvalue weighted by Crippen LogP contribution is 2.22. The van der Waals surface area contributed by atoms with Crippen LogP contribution in [0.4, 0.5) is 0 Å². The van der Waals surface area contributed by atoms with Gasteiger partial charge >= 0.3 is 5.69 Å². The molecule has 0 unspecified atom stereocenters. The zero-order chi connectivity index (χ0) is 17.3. The second kappa shape index (κ2) is 6.63. The normalized spacial score (nSPS) is 10.9. The number of benzene rings is 2. The summed E-state index contributed by atoms with van der Waals surface area (Å²) in [6, 6.07) is 11.6. The summed E-state index contributed by atoms with van der Waals surface area (Å²) in [6.07, 6.45) is 0.627. The van der Waals surface area contributed by atoms with Gasteiger partial charge in [0.1, 0.15) is 6.29 Å². The maximum absolute atomic E-state index is 12.7. The zero-order valence-corrected chi connectivity index (χ0v) is 13.9. The van der Waals surface area contributed by atoms with Crippen LogP contribution in [0.5, 0.6) is 0 Å². The maximum Gasteiger partial charge on any atom is 0.332 e. The Bertz CT molecular complexity index is 1050. The molecule has 0 aliphatic rings. The molecule has 1 heterocycles. The van der Waals surface area contributed by atoms with E-state index in [0.29, 0.717) is 32.8 Å². The van der Waals surface area contributed by atoms with Crippen molar-refractivity contribution in [3.63, 3.8) is 0 Å². The molecule has 3 aromatic rings. The van der Waals surface area contributed by atoms with E-state index in [1.807, 2.05) is 0 Å². The van der Waals surface area contributed by atoms with Crippen LogP contribution in [-0.2, 0) is 17.9 Å². The number of hydrogen-bond acceptors (Lipinski definition) is 3. The van der Waals surface area contributed by atoms with Gasteiger partial charge in [-0.05, 0) is 29.8 Å². The lowest BCUT2D eigenvalue weighted by Gasteiger charge is -2.12. The van der Waals surface area contributed by atoms with E-state index >= 15 is 0 Å². The van der Waals surface area contributed by atoms with Gasteiger partial charge in [-0.3, -0.25) is 13.9 Å². The Morgan fingerprint density at radius 1 is 0.958 bits per heavy atom. The Balaban J connectivity index is 2.24. The van der Waals surface area contributed by atoms with E-state index in [4.69, 9.17) is 23.2 Å². The third kappa shape index (κ3) is 2.88. The van der Waals surface area contributed by atoms with Crippen molar-refractivity contribution in [1.29, 1.82) is 0 Å². The predicted octanol–water partition coefficient (Wildman–Crippen LogP) is 2.72. The summed E-state index contributed by atoms with van der Waals surface area (Å²) in [7, 11) is 0. The van der Waals surface area contributed by atoms with E-state index in [-0.39, 0.29) is 13.1 Å². The van der Waals surface area contributed by atoms with Crippen LogP contribution in [0.2, 0.25) is 10.0 Å². The fourth-order valence-corrected chi connectivity index (χ4v) is 2.90. The van der Waals surface area contributed by atoms with Crippen LogP contribution in [0.25, 0.3) is 10.9 Å².